The Morgan fingerprint density at radius 1 is 1.31 bits per heavy atom. The number of hydrogen-bond acceptors (Lipinski definition) is 4. The smallest absolute Gasteiger partial charge is 0.0821 e. The highest BCUT2D eigenvalue weighted by Gasteiger charge is 2.18. The molecule has 0 bridgehead atoms. The summed E-state index contributed by atoms with van der Waals surface area (Å²) in [5.41, 5.74) is 0. The predicted molar refractivity (Wildman–Crippen MR) is 63.8 cm³/mol. The zero-order chi connectivity index (χ0) is 11.8. The first-order valence-electron chi connectivity index (χ1n) is 6.16. The van der Waals surface area contributed by atoms with E-state index in [1.807, 2.05) is 0 Å². The van der Waals surface area contributed by atoms with E-state index in [4.69, 9.17) is 14.2 Å². The fraction of sp³-hybridized carbons (Fsp3) is 1.00. The van der Waals surface area contributed by atoms with Gasteiger partial charge in [-0.2, -0.15) is 0 Å². The van der Waals surface area contributed by atoms with Crippen LogP contribution in [-0.4, -0.2) is 63.7 Å². The monoisotopic (exact) mass is 231 g/mol. The van der Waals surface area contributed by atoms with Crippen molar-refractivity contribution in [3.63, 3.8) is 0 Å². The molecule has 1 atom stereocenters. The molecule has 0 aromatic rings. The SMILES string of the molecule is COCCOCC1CCN(C(C)C)CCO1. The average molecular weight is 231 g/mol. The number of nitrogens with zero attached hydrogens (tertiary/aromatic N) is 1. The first-order valence-corrected chi connectivity index (χ1v) is 6.16. The van der Waals surface area contributed by atoms with Gasteiger partial charge in [-0.3, -0.25) is 4.90 Å². The molecule has 0 aliphatic carbocycles. The topological polar surface area (TPSA) is 30.9 Å². The Labute approximate surface area is 98.8 Å². The molecule has 1 saturated heterocycles. The van der Waals surface area contributed by atoms with Crippen molar-refractivity contribution in [1.29, 1.82) is 0 Å². The summed E-state index contributed by atoms with van der Waals surface area (Å²) < 4.78 is 16.2. The third kappa shape index (κ3) is 5.25. The molecule has 0 N–H and O–H groups in total. The number of rotatable bonds is 6. The Balaban J connectivity index is 2.15. The molecule has 4 nitrogen and oxygen atoms in total. The lowest BCUT2D eigenvalue weighted by molar-refractivity contribution is -0.0221. The lowest BCUT2D eigenvalue weighted by Gasteiger charge is -2.23. The van der Waals surface area contributed by atoms with Crippen molar-refractivity contribution in [2.45, 2.75) is 32.4 Å². The Morgan fingerprint density at radius 2 is 2.12 bits per heavy atom. The van der Waals surface area contributed by atoms with Crippen LogP contribution in [0, 0.1) is 0 Å². The molecule has 1 rings (SSSR count). The Bertz CT molecular complexity index is 176. The van der Waals surface area contributed by atoms with E-state index in [0.717, 1.165) is 26.1 Å². The van der Waals surface area contributed by atoms with E-state index >= 15 is 0 Å². The molecular formula is C12H25NO3. The van der Waals surface area contributed by atoms with Crippen molar-refractivity contribution >= 4 is 0 Å². The van der Waals surface area contributed by atoms with Gasteiger partial charge in [-0.25, -0.2) is 0 Å². The summed E-state index contributed by atoms with van der Waals surface area (Å²) in [6, 6.07) is 0.608. The van der Waals surface area contributed by atoms with E-state index < -0.39 is 0 Å². The second-order valence-electron chi connectivity index (χ2n) is 4.48. The summed E-state index contributed by atoms with van der Waals surface area (Å²) in [5, 5.41) is 0. The van der Waals surface area contributed by atoms with Crippen LogP contribution < -0.4 is 0 Å². The number of ether oxygens (including phenoxy) is 3. The molecule has 0 radical (unpaired) electrons. The molecule has 1 unspecified atom stereocenters. The Kier molecular flexibility index (Phi) is 6.96. The second-order valence-corrected chi connectivity index (χ2v) is 4.48. The van der Waals surface area contributed by atoms with Crippen LogP contribution in [0.25, 0.3) is 0 Å². The first-order chi connectivity index (χ1) is 7.74. The van der Waals surface area contributed by atoms with Gasteiger partial charge in [-0.15, -0.1) is 0 Å². The van der Waals surface area contributed by atoms with Gasteiger partial charge in [0.15, 0.2) is 0 Å². The van der Waals surface area contributed by atoms with Crippen molar-refractivity contribution in [2.75, 3.05) is 46.6 Å². The minimum Gasteiger partial charge on any atom is -0.382 e. The zero-order valence-corrected chi connectivity index (χ0v) is 10.8. The largest absolute Gasteiger partial charge is 0.382 e. The van der Waals surface area contributed by atoms with Crippen molar-refractivity contribution in [3.8, 4) is 0 Å². The Morgan fingerprint density at radius 3 is 2.81 bits per heavy atom. The maximum Gasteiger partial charge on any atom is 0.0821 e. The minimum atomic E-state index is 0.251. The van der Waals surface area contributed by atoms with E-state index in [2.05, 4.69) is 18.7 Å². The van der Waals surface area contributed by atoms with Gasteiger partial charge in [0.05, 0.1) is 32.5 Å². The minimum absolute atomic E-state index is 0.251. The number of methoxy groups -OCH3 is 1. The molecule has 0 amide bonds. The highest BCUT2D eigenvalue weighted by Crippen LogP contribution is 2.09. The summed E-state index contributed by atoms with van der Waals surface area (Å²) in [5.74, 6) is 0. The fourth-order valence-corrected chi connectivity index (χ4v) is 1.85. The first kappa shape index (κ1) is 13.9. The van der Waals surface area contributed by atoms with Crippen LogP contribution in [-0.2, 0) is 14.2 Å². The zero-order valence-electron chi connectivity index (χ0n) is 10.8. The second kappa shape index (κ2) is 8.01. The van der Waals surface area contributed by atoms with Gasteiger partial charge in [0.2, 0.25) is 0 Å². The van der Waals surface area contributed by atoms with Crippen LogP contribution in [0.4, 0.5) is 0 Å². The molecule has 16 heavy (non-hydrogen) atoms. The van der Waals surface area contributed by atoms with Crippen LogP contribution in [0.5, 0.6) is 0 Å². The third-order valence-corrected chi connectivity index (χ3v) is 2.94. The van der Waals surface area contributed by atoms with Crippen molar-refractivity contribution in [1.82, 2.24) is 4.90 Å². The quantitative estimate of drug-likeness (QED) is 0.642. The maximum absolute atomic E-state index is 5.76. The predicted octanol–water partition coefficient (Wildman–Crippen LogP) is 1.15. The van der Waals surface area contributed by atoms with Crippen molar-refractivity contribution < 1.29 is 14.2 Å². The van der Waals surface area contributed by atoms with E-state index in [1.165, 1.54) is 0 Å². The third-order valence-electron chi connectivity index (χ3n) is 2.94. The van der Waals surface area contributed by atoms with E-state index in [-0.39, 0.29) is 6.10 Å². The van der Waals surface area contributed by atoms with Crippen LogP contribution in [0.15, 0.2) is 0 Å². The summed E-state index contributed by atoms with van der Waals surface area (Å²) in [6.07, 6.45) is 1.31. The molecule has 1 fully saturated rings. The van der Waals surface area contributed by atoms with E-state index in [0.29, 0.717) is 25.9 Å². The normalized spacial score (nSPS) is 23.6. The molecule has 96 valence electrons. The van der Waals surface area contributed by atoms with E-state index in [1.54, 1.807) is 7.11 Å². The van der Waals surface area contributed by atoms with Crippen molar-refractivity contribution in [3.05, 3.63) is 0 Å². The molecule has 1 aliphatic rings. The van der Waals surface area contributed by atoms with E-state index in [9.17, 15) is 0 Å². The van der Waals surface area contributed by atoms with Gasteiger partial charge in [-0.1, -0.05) is 0 Å². The Hall–Kier alpha value is -0.160. The standard InChI is InChI=1S/C12H25NO3/c1-11(2)13-5-4-12(16-7-6-13)10-15-9-8-14-3/h11-12H,4-10H2,1-3H3. The van der Waals surface area contributed by atoms with Crippen LogP contribution in [0.3, 0.4) is 0 Å². The fourth-order valence-electron chi connectivity index (χ4n) is 1.85. The number of hydrogen-bond donors (Lipinski definition) is 0. The van der Waals surface area contributed by atoms with Gasteiger partial charge >= 0.3 is 0 Å². The van der Waals surface area contributed by atoms with Gasteiger partial charge in [0, 0.05) is 26.2 Å². The maximum atomic E-state index is 5.76. The molecule has 0 spiro atoms. The molecule has 1 aliphatic heterocycles. The highest BCUT2D eigenvalue weighted by atomic mass is 16.5. The van der Waals surface area contributed by atoms with Gasteiger partial charge in [0.1, 0.15) is 0 Å². The average Bonchev–Trinajstić information content (AvgIpc) is 2.50. The van der Waals surface area contributed by atoms with Crippen LogP contribution in [0.2, 0.25) is 0 Å². The summed E-state index contributed by atoms with van der Waals surface area (Å²) in [6.45, 7) is 9.42. The lowest BCUT2D eigenvalue weighted by atomic mass is 10.2. The van der Waals surface area contributed by atoms with Gasteiger partial charge in [0.25, 0.3) is 0 Å². The van der Waals surface area contributed by atoms with Crippen LogP contribution >= 0.6 is 0 Å². The molecular weight excluding hydrogens is 206 g/mol. The van der Waals surface area contributed by atoms with Crippen LogP contribution in [0.1, 0.15) is 20.3 Å². The molecule has 0 aromatic heterocycles. The molecule has 4 heteroatoms. The molecule has 0 aromatic carbocycles. The molecule has 0 saturated carbocycles. The van der Waals surface area contributed by atoms with Gasteiger partial charge < -0.3 is 14.2 Å². The molecule has 1 heterocycles. The summed E-state index contributed by atoms with van der Waals surface area (Å²) >= 11 is 0. The summed E-state index contributed by atoms with van der Waals surface area (Å²) in [7, 11) is 1.69. The summed E-state index contributed by atoms with van der Waals surface area (Å²) in [4.78, 5) is 2.45. The van der Waals surface area contributed by atoms with Crippen molar-refractivity contribution in [2.24, 2.45) is 0 Å². The van der Waals surface area contributed by atoms with Gasteiger partial charge in [-0.05, 0) is 20.3 Å². The highest BCUT2D eigenvalue weighted by molar-refractivity contribution is 4.70. The lowest BCUT2D eigenvalue weighted by Crippen LogP contribution is -2.33.